The molecule has 1 amide bonds. The minimum atomic E-state index is -1.01. The maximum Gasteiger partial charge on any atom is 0.328 e. The zero-order valence-corrected chi connectivity index (χ0v) is 11.7. The number of carboxylic acids is 1. The molecule has 0 unspecified atom stereocenters. The molecule has 0 aromatic heterocycles. The van der Waals surface area contributed by atoms with Crippen LogP contribution in [0.5, 0.6) is 5.75 Å². The zero-order chi connectivity index (χ0) is 14.9. The fraction of sp³-hybridized carbons (Fsp3) is 0.333. The molecule has 0 aliphatic carbocycles. The summed E-state index contributed by atoms with van der Waals surface area (Å²) in [7, 11) is 1.69. The van der Waals surface area contributed by atoms with Crippen molar-refractivity contribution in [2.75, 3.05) is 11.9 Å². The van der Waals surface area contributed by atoms with Crippen molar-refractivity contribution in [1.82, 2.24) is 0 Å². The van der Waals surface area contributed by atoms with Gasteiger partial charge in [-0.15, -0.1) is 0 Å². The van der Waals surface area contributed by atoms with Crippen LogP contribution in [0.4, 0.5) is 5.69 Å². The standard InChI is InChI=1S/C15H17NO4/c1-15(2)9-13(17)16(3)11-8-10(5-7-14(18)19)4-6-12(11)20-15/h4-8H,9H2,1-3H3,(H,18,19)/b7-5+. The lowest BCUT2D eigenvalue weighted by Crippen LogP contribution is -2.34. The summed E-state index contributed by atoms with van der Waals surface area (Å²) < 4.78 is 5.86. The normalized spacial score (nSPS) is 17.6. The molecule has 2 rings (SSSR count). The van der Waals surface area contributed by atoms with Crippen LogP contribution in [0.1, 0.15) is 25.8 Å². The van der Waals surface area contributed by atoms with E-state index in [4.69, 9.17) is 9.84 Å². The lowest BCUT2D eigenvalue weighted by atomic mass is 10.1. The van der Waals surface area contributed by atoms with E-state index in [2.05, 4.69) is 0 Å². The van der Waals surface area contributed by atoms with Crippen molar-refractivity contribution in [3.05, 3.63) is 29.8 Å². The monoisotopic (exact) mass is 275 g/mol. The number of anilines is 1. The zero-order valence-electron chi connectivity index (χ0n) is 11.7. The first kappa shape index (κ1) is 14.1. The Morgan fingerprint density at radius 2 is 2.15 bits per heavy atom. The van der Waals surface area contributed by atoms with Gasteiger partial charge in [0.25, 0.3) is 0 Å². The molecule has 1 aromatic carbocycles. The molecule has 0 saturated carbocycles. The van der Waals surface area contributed by atoms with Crippen LogP contribution in [-0.4, -0.2) is 29.6 Å². The molecule has 0 fully saturated rings. The van der Waals surface area contributed by atoms with Gasteiger partial charge in [-0.05, 0) is 37.6 Å². The Morgan fingerprint density at radius 1 is 1.45 bits per heavy atom. The van der Waals surface area contributed by atoms with Gasteiger partial charge in [-0.3, -0.25) is 4.79 Å². The van der Waals surface area contributed by atoms with Crippen molar-refractivity contribution >= 4 is 23.6 Å². The fourth-order valence-electron chi connectivity index (χ4n) is 2.10. The number of hydrogen-bond donors (Lipinski definition) is 1. The average Bonchev–Trinajstić information content (AvgIpc) is 2.42. The molecule has 106 valence electrons. The predicted octanol–water partition coefficient (Wildman–Crippen LogP) is 2.31. The van der Waals surface area contributed by atoms with Gasteiger partial charge >= 0.3 is 5.97 Å². The topological polar surface area (TPSA) is 66.8 Å². The highest BCUT2D eigenvalue weighted by atomic mass is 16.5. The van der Waals surface area contributed by atoms with E-state index in [1.54, 1.807) is 30.1 Å². The number of carbonyl (C=O) groups is 2. The number of aliphatic carboxylic acids is 1. The van der Waals surface area contributed by atoms with E-state index < -0.39 is 11.6 Å². The molecular formula is C15H17NO4. The van der Waals surface area contributed by atoms with Gasteiger partial charge in [0, 0.05) is 13.1 Å². The predicted molar refractivity (Wildman–Crippen MR) is 75.8 cm³/mol. The van der Waals surface area contributed by atoms with Crippen LogP contribution in [0.2, 0.25) is 0 Å². The summed E-state index contributed by atoms with van der Waals surface area (Å²) in [6.45, 7) is 3.73. The second-order valence-corrected chi connectivity index (χ2v) is 5.39. The minimum Gasteiger partial charge on any atom is -0.485 e. The van der Waals surface area contributed by atoms with Gasteiger partial charge in [-0.1, -0.05) is 6.07 Å². The summed E-state index contributed by atoms with van der Waals surface area (Å²) >= 11 is 0. The number of benzene rings is 1. The third-order valence-electron chi connectivity index (χ3n) is 3.10. The number of carbonyl (C=O) groups excluding carboxylic acids is 1. The molecule has 1 aromatic rings. The van der Waals surface area contributed by atoms with Crippen LogP contribution in [-0.2, 0) is 9.59 Å². The SMILES string of the molecule is CN1C(=O)CC(C)(C)Oc2ccc(/C=C/C(=O)O)cc21. The number of amides is 1. The second-order valence-electron chi connectivity index (χ2n) is 5.39. The third-order valence-corrected chi connectivity index (χ3v) is 3.10. The Kier molecular flexibility index (Phi) is 3.53. The highest BCUT2D eigenvalue weighted by Crippen LogP contribution is 2.36. The molecule has 0 radical (unpaired) electrons. The van der Waals surface area contributed by atoms with Gasteiger partial charge < -0.3 is 14.7 Å². The maximum absolute atomic E-state index is 12.1. The van der Waals surface area contributed by atoms with Crippen LogP contribution >= 0.6 is 0 Å². The lowest BCUT2D eigenvalue weighted by molar-refractivity contribution is -0.131. The van der Waals surface area contributed by atoms with Crippen LogP contribution in [0.15, 0.2) is 24.3 Å². The minimum absolute atomic E-state index is 0.0342. The van der Waals surface area contributed by atoms with Crippen molar-refractivity contribution in [1.29, 1.82) is 0 Å². The molecule has 1 aliphatic rings. The second kappa shape index (κ2) is 5.00. The number of ether oxygens (including phenoxy) is 1. The summed E-state index contributed by atoms with van der Waals surface area (Å²) in [6.07, 6.45) is 2.83. The van der Waals surface area contributed by atoms with Crippen LogP contribution in [0.25, 0.3) is 6.08 Å². The summed E-state index contributed by atoms with van der Waals surface area (Å²) in [5.74, 6) is -0.425. The van der Waals surface area contributed by atoms with Gasteiger partial charge in [-0.25, -0.2) is 4.79 Å². The van der Waals surface area contributed by atoms with Crippen molar-refractivity contribution in [2.45, 2.75) is 25.9 Å². The number of rotatable bonds is 2. The first-order valence-electron chi connectivity index (χ1n) is 6.29. The number of fused-ring (bicyclic) bond motifs is 1. The Hall–Kier alpha value is -2.30. The number of hydrogen-bond acceptors (Lipinski definition) is 3. The van der Waals surface area contributed by atoms with E-state index in [0.29, 0.717) is 23.4 Å². The van der Waals surface area contributed by atoms with E-state index in [1.165, 1.54) is 6.08 Å². The molecule has 0 bridgehead atoms. The molecule has 20 heavy (non-hydrogen) atoms. The molecule has 5 nitrogen and oxygen atoms in total. The van der Waals surface area contributed by atoms with E-state index in [0.717, 1.165) is 6.08 Å². The summed E-state index contributed by atoms with van der Waals surface area (Å²) in [6, 6.07) is 5.26. The number of nitrogens with zero attached hydrogens (tertiary/aromatic N) is 1. The Balaban J connectivity index is 2.44. The molecule has 0 spiro atoms. The van der Waals surface area contributed by atoms with E-state index in [1.807, 2.05) is 13.8 Å². The summed E-state index contributed by atoms with van der Waals surface area (Å²) in [5.41, 5.74) is 0.789. The quantitative estimate of drug-likeness (QED) is 0.841. The Labute approximate surface area is 117 Å². The lowest BCUT2D eigenvalue weighted by Gasteiger charge is -2.23. The third kappa shape index (κ3) is 2.99. The summed E-state index contributed by atoms with van der Waals surface area (Å²) in [5, 5.41) is 8.64. The van der Waals surface area contributed by atoms with Crippen molar-refractivity contribution in [3.63, 3.8) is 0 Å². The highest BCUT2D eigenvalue weighted by molar-refractivity contribution is 5.96. The molecule has 1 aliphatic heterocycles. The molecule has 1 N–H and O–H groups in total. The molecular weight excluding hydrogens is 258 g/mol. The van der Waals surface area contributed by atoms with E-state index >= 15 is 0 Å². The van der Waals surface area contributed by atoms with Gasteiger partial charge in [0.1, 0.15) is 11.4 Å². The summed E-state index contributed by atoms with van der Waals surface area (Å²) in [4.78, 5) is 24.2. The molecule has 0 saturated heterocycles. The van der Waals surface area contributed by atoms with Gasteiger partial charge in [0.15, 0.2) is 0 Å². The molecule has 0 atom stereocenters. The van der Waals surface area contributed by atoms with Crippen molar-refractivity contribution in [2.24, 2.45) is 0 Å². The highest BCUT2D eigenvalue weighted by Gasteiger charge is 2.32. The van der Waals surface area contributed by atoms with Crippen LogP contribution < -0.4 is 9.64 Å². The van der Waals surface area contributed by atoms with Gasteiger partial charge in [0.05, 0.1) is 12.1 Å². The Morgan fingerprint density at radius 3 is 2.80 bits per heavy atom. The van der Waals surface area contributed by atoms with Crippen LogP contribution in [0, 0.1) is 0 Å². The molecule has 5 heteroatoms. The first-order chi connectivity index (χ1) is 9.28. The Bertz CT molecular complexity index is 590. The van der Waals surface area contributed by atoms with Crippen molar-refractivity contribution in [3.8, 4) is 5.75 Å². The van der Waals surface area contributed by atoms with E-state index in [-0.39, 0.29) is 5.91 Å². The van der Waals surface area contributed by atoms with Gasteiger partial charge in [0.2, 0.25) is 5.91 Å². The number of carboxylic acid groups (broad SMARTS) is 1. The van der Waals surface area contributed by atoms with Crippen LogP contribution in [0.3, 0.4) is 0 Å². The largest absolute Gasteiger partial charge is 0.485 e. The smallest absolute Gasteiger partial charge is 0.328 e. The van der Waals surface area contributed by atoms with E-state index in [9.17, 15) is 9.59 Å². The maximum atomic E-state index is 12.1. The van der Waals surface area contributed by atoms with Crippen molar-refractivity contribution < 1.29 is 19.4 Å². The average molecular weight is 275 g/mol. The van der Waals surface area contributed by atoms with Gasteiger partial charge in [-0.2, -0.15) is 0 Å². The fourth-order valence-corrected chi connectivity index (χ4v) is 2.10. The molecule has 1 heterocycles. The first-order valence-corrected chi connectivity index (χ1v) is 6.29.